The van der Waals surface area contributed by atoms with E-state index in [4.69, 9.17) is 14.2 Å². The van der Waals surface area contributed by atoms with Crippen molar-refractivity contribution in [3.63, 3.8) is 0 Å². The SMILES string of the molecule is COCCOCCOC(=O)C(C)(CC(C)(C)C)C(C)(C)C. The molecule has 0 saturated carbocycles. The third kappa shape index (κ3) is 7.28. The Bertz CT molecular complexity index is 312. The van der Waals surface area contributed by atoms with Crippen LogP contribution in [-0.2, 0) is 19.0 Å². The van der Waals surface area contributed by atoms with Gasteiger partial charge in [0.05, 0.1) is 25.2 Å². The van der Waals surface area contributed by atoms with Gasteiger partial charge in [0, 0.05) is 7.11 Å². The largest absolute Gasteiger partial charge is 0.463 e. The Balaban J connectivity index is 4.55. The molecule has 21 heavy (non-hydrogen) atoms. The summed E-state index contributed by atoms with van der Waals surface area (Å²) in [4.78, 5) is 12.6. The van der Waals surface area contributed by atoms with E-state index in [1.165, 1.54) is 0 Å². The van der Waals surface area contributed by atoms with Crippen molar-refractivity contribution >= 4 is 5.97 Å². The molecule has 0 aromatic heterocycles. The molecule has 0 rings (SSSR count). The molecule has 0 heterocycles. The van der Waals surface area contributed by atoms with Crippen LogP contribution in [0.3, 0.4) is 0 Å². The van der Waals surface area contributed by atoms with E-state index in [0.717, 1.165) is 6.42 Å². The number of rotatable bonds is 8. The molecular formula is C17H34O4. The lowest BCUT2D eigenvalue weighted by atomic mass is 9.61. The predicted octanol–water partition coefficient (Wildman–Crippen LogP) is 3.68. The minimum absolute atomic E-state index is 0.0655. The van der Waals surface area contributed by atoms with E-state index in [1.54, 1.807) is 7.11 Å². The average molecular weight is 302 g/mol. The minimum Gasteiger partial charge on any atom is -0.463 e. The molecule has 0 bridgehead atoms. The van der Waals surface area contributed by atoms with Gasteiger partial charge in [-0.05, 0) is 24.2 Å². The van der Waals surface area contributed by atoms with Gasteiger partial charge in [0.2, 0.25) is 0 Å². The molecule has 0 fully saturated rings. The Morgan fingerprint density at radius 2 is 1.38 bits per heavy atom. The highest BCUT2D eigenvalue weighted by atomic mass is 16.6. The zero-order valence-corrected chi connectivity index (χ0v) is 15.2. The summed E-state index contributed by atoms with van der Waals surface area (Å²) in [5.74, 6) is -0.139. The number of hydrogen-bond acceptors (Lipinski definition) is 4. The lowest BCUT2D eigenvalue weighted by Gasteiger charge is -2.43. The maximum Gasteiger partial charge on any atom is 0.312 e. The third-order valence-corrected chi connectivity index (χ3v) is 3.88. The zero-order valence-electron chi connectivity index (χ0n) is 15.2. The molecule has 1 atom stereocenters. The van der Waals surface area contributed by atoms with E-state index < -0.39 is 5.41 Å². The van der Waals surface area contributed by atoms with E-state index in [-0.39, 0.29) is 16.8 Å². The summed E-state index contributed by atoms with van der Waals surface area (Å²) in [5.41, 5.74) is -0.609. The highest BCUT2D eigenvalue weighted by Crippen LogP contribution is 2.47. The van der Waals surface area contributed by atoms with Crippen molar-refractivity contribution in [2.75, 3.05) is 33.5 Å². The third-order valence-electron chi connectivity index (χ3n) is 3.88. The van der Waals surface area contributed by atoms with Gasteiger partial charge in [0.15, 0.2) is 0 Å². The summed E-state index contributed by atoms with van der Waals surface area (Å²) in [7, 11) is 1.63. The first-order valence-corrected chi connectivity index (χ1v) is 7.68. The Hall–Kier alpha value is -0.610. The molecule has 0 amide bonds. The van der Waals surface area contributed by atoms with Gasteiger partial charge in [-0.25, -0.2) is 0 Å². The average Bonchev–Trinajstić information content (AvgIpc) is 2.29. The van der Waals surface area contributed by atoms with Crippen LogP contribution in [0.5, 0.6) is 0 Å². The summed E-state index contributed by atoms with van der Waals surface area (Å²) in [6, 6.07) is 0. The quantitative estimate of drug-likeness (QED) is 0.507. The second-order valence-electron chi connectivity index (χ2n) is 8.06. The van der Waals surface area contributed by atoms with Gasteiger partial charge in [-0.2, -0.15) is 0 Å². The van der Waals surface area contributed by atoms with Crippen molar-refractivity contribution in [1.82, 2.24) is 0 Å². The molecule has 0 aliphatic rings. The summed E-state index contributed by atoms with van der Waals surface area (Å²) < 4.78 is 15.7. The molecule has 126 valence electrons. The summed E-state index contributed by atoms with van der Waals surface area (Å²) in [5, 5.41) is 0. The van der Waals surface area contributed by atoms with Crippen LogP contribution in [0.25, 0.3) is 0 Å². The minimum atomic E-state index is -0.516. The van der Waals surface area contributed by atoms with E-state index >= 15 is 0 Å². The fourth-order valence-electron chi connectivity index (χ4n) is 2.30. The van der Waals surface area contributed by atoms with Gasteiger partial charge in [-0.15, -0.1) is 0 Å². The van der Waals surface area contributed by atoms with Crippen molar-refractivity contribution < 1.29 is 19.0 Å². The number of hydrogen-bond donors (Lipinski definition) is 0. The number of carbonyl (C=O) groups is 1. The van der Waals surface area contributed by atoms with Crippen LogP contribution in [0, 0.1) is 16.2 Å². The topological polar surface area (TPSA) is 44.8 Å². The van der Waals surface area contributed by atoms with Gasteiger partial charge in [-0.3, -0.25) is 4.79 Å². The second-order valence-corrected chi connectivity index (χ2v) is 8.06. The fraction of sp³-hybridized carbons (Fsp3) is 0.941. The Kier molecular flexibility index (Phi) is 7.90. The van der Waals surface area contributed by atoms with Crippen LogP contribution in [0.15, 0.2) is 0 Å². The lowest BCUT2D eigenvalue weighted by molar-refractivity contribution is -0.166. The Labute approximate surface area is 130 Å². The maximum atomic E-state index is 12.6. The van der Waals surface area contributed by atoms with Crippen LogP contribution in [0.2, 0.25) is 0 Å². The van der Waals surface area contributed by atoms with Gasteiger partial charge in [0.1, 0.15) is 6.61 Å². The molecule has 0 aliphatic carbocycles. The normalized spacial score (nSPS) is 15.6. The van der Waals surface area contributed by atoms with E-state index in [2.05, 4.69) is 41.5 Å². The van der Waals surface area contributed by atoms with Crippen LogP contribution in [0.4, 0.5) is 0 Å². The highest BCUT2D eigenvalue weighted by Gasteiger charge is 2.47. The Morgan fingerprint density at radius 1 is 0.857 bits per heavy atom. The Morgan fingerprint density at radius 3 is 1.81 bits per heavy atom. The molecule has 1 unspecified atom stereocenters. The van der Waals surface area contributed by atoms with Crippen molar-refractivity contribution in [2.45, 2.75) is 54.9 Å². The molecule has 0 aliphatic heterocycles. The van der Waals surface area contributed by atoms with Crippen molar-refractivity contribution in [3.05, 3.63) is 0 Å². The first-order valence-electron chi connectivity index (χ1n) is 7.68. The van der Waals surface area contributed by atoms with Crippen molar-refractivity contribution in [2.24, 2.45) is 16.2 Å². The van der Waals surface area contributed by atoms with Crippen LogP contribution in [0.1, 0.15) is 54.9 Å². The monoisotopic (exact) mass is 302 g/mol. The van der Waals surface area contributed by atoms with Crippen molar-refractivity contribution in [3.8, 4) is 0 Å². The second kappa shape index (κ2) is 8.14. The van der Waals surface area contributed by atoms with Crippen molar-refractivity contribution in [1.29, 1.82) is 0 Å². The van der Waals surface area contributed by atoms with Crippen LogP contribution >= 0.6 is 0 Å². The maximum absolute atomic E-state index is 12.6. The van der Waals surface area contributed by atoms with Crippen LogP contribution in [-0.4, -0.2) is 39.5 Å². The number of carbonyl (C=O) groups excluding carboxylic acids is 1. The van der Waals surface area contributed by atoms with Gasteiger partial charge >= 0.3 is 5.97 Å². The summed E-state index contributed by atoms with van der Waals surface area (Å²) in [6.45, 7) is 16.5. The molecule has 0 radical (unpaired) electrons. The molecule has 0 saturated heterocycles. The summed E-state index contributed by atoms with van der Waals surface area (Å²) in [6.07, 6.45) is 0.785. The lowest BCUT2D eigenvalue weighted by Crippen LogP contribution is -2.44. The smallest absolute Gasteiger partial charge is 0.312 e. The predicted molar refractivity (Wildman–Crippen MR) is 85.3 cm³/mol. The zero-order chi connectivity index (χ0) is 16.7. The molecule has 0 aromatic carbocycles. The van der Waals surface area contributed by atoms with Gasteiger partial charge < -0.3 is 14.2 Å². The fourth-order valence-corrected chi connectivity index (χ4v) is 2.30. The number of ether oxygens (including phenoxy) is 3. The summed E-state index contributed by atoms with van der Waals surface area (Å²) >= 11 is 0. The molecule has 0 spiro atoms. The van der Waals surface area contributed by atoms with Gasteiger partial charge in [-0.1, -0.05) is 41.5 Å². The first kappa shape index (κ1) is 20.4. The molecule has 0 N–H and O–H groups in total. The molecule has 4 heteroatoms. The van der Waals surface area contributed by atoms with E-state index in [1.807, 2.05) is 6.92 Å². The molecular weight excluding hydrogens is 268 g/mol. The van der Waals surface area contributed by atoms with E-state index in [9.17, 15) is 4.79 Å². The highest BCUT2D eigenvalue weighted by molar-refractivity contribution is 5.77. The first-order chi connectivity index (χ1) is 9.44. The van der Waals surface area contributed by atoms with Gasteiger partial charge in [0.25, 0.3) is 0 Å². The number of methoxy groups -OCH3 is 1. The molecule has 0 aromatic rings. The van der Waals surface area contributed by atoms with E-state index in [0.29, 0.717) is 26.4 Å². The number of esters is 1. The standard InChI is InChI=1S/C17H34O4/c1-15(2,3)13-17(7,16(4,5)6)14(18)21-12-11-20-10-9-19-8/h9-13H2,1-8H3. The molecule has 4 nitrogen and oxygen atoms in total. The van der Waals surface area contributed by atoms with Crippen LogP contribution < -0.4 is 0 Å².